The van der Waals surface area contributed by atoms with E-state index >= 15 is 0 Å². The topological polar surface area (TPSA) is 12.0 Å². The third kappa shape index (κ3) is 2.32. The normalized spacial score (nSPS) is 22.1. The van der Waals surface area contributed by atoms with Crippen molar-refractivity contribution < 1.29 is 0 Å². The first-order valence-electron chi connectivity index (χ1n) is 4.80. The van der Waals surface area contributed by atoms with E-state index in [1.807, 2.05) is 0 Å². The van der Waals surface area contributed by atoms with Crippen LogP contribution in [0, 0.1) is 5.92 Å². The summed E-state index contributed by atoms with van der Waals surface area (Å²) in [6.45, 7) is 2.37. The molecule has 1 aliphatic rings. The van der Waals surface area contributed by atoms with Crippen molar-refractivity contribution in [3.05, 3.63) is 34.3 Å². The van der Waals surface area contributed by atoms with Gasteiger partial charge in [-0.2, -0.15) is 0 Å². The first-order chi connectivity index (χ1) is 6.36. The van der Waals surface area contributed by atoms with Gasteiger partial charge in [0.2, 0.25) is 0 Å². The smallest absolute Gasteiger partial charge is 0.0207 e. The first-order valence-corrected chi connectivity index (χ1v) is 5.59. The van der Waals surface area contributed by atoms with Crippen molar-refractivity contribution in [2.24, 2.45) is 5.92 Å². The molecule has 1 atom stereocenters. The maximum absolute atomic E-state index is 3.58. The zero-order valence-corrected chi connectivity index (χ0v) is 9.18. The first kappa shape index (κ1) is 9.22. The van der Waals surface area contributed by atoms with Crippen LogP contribution in [-0.2, 0) is 6.42 Å². The molecule has 13 heavy (non-hydrogen) atoms. The summed E-state index contributed by atoms with van der Waals surface area (Å²) in [5, 5.41) is 3.40. The number of nitrogens with one attached hydrogen (secondary N) is 1. The molecule has 0 unspecified atom stereocenters. The molecule has 0 radical (unpaired) electrons. The standard InChI is InChI=1S/C11H14BrN/c12-11-4-2-1-3-10(11)7-9-5-6-13-8-9/h1-4,9,13H,5-8H2/t9-/m0/s1. The molecule has 70 valence electrons. The zero-order valence-electron chi connectivity index (χ0n) is 7.59. The predicted octanol–water partition coefficient (Wildman–Crippen LogP) is 2.60. The Hall–Kier alpha value is -0.340. The quantitative estimate of drug-likeness (QED) is 0.837. The SMILES string of the molecule is Brc1ccccc1C[C@@H]1CCNC1. The van der Waals surface area contributed by atoms with Gasteiger partial charge in [0.1, 0.15) is 0 Å². The van der Waals surface area contributed by atoms with Crippen LogP contribution in [0.15, 0.2) is 28.7 Å². The van der Waals surface area contributed by atoms with Crippen LogP contribution >= 0.6 is 15.9 Å². The zero-order chi connectivity index (χ0) is 9.10. The van der Waals surface area contributed by atoms with E-state index < -0.39 is 0 Å². The molecule has 1 aliphatic heterocycles. The highest BCUT2D eigenvalue weighted by Gasteiger charge is 2.15. The summed E-state index contributed by atoms with van der Waals surface area (Å²) in [6, 6.07) is 8.52. The van der Waals surface area contributed by atoms with Gasteiger partial charge in [-0.25, -0.2) is 0 Å². The van der Waals surface area contributed by atoms with Crippen LogP contribution in [0.4, 0.5) is 0 Å². The molecule has 0 saturated carbocycles. The van der Waals surface area contributed by atoms with Gasteiger partial charge in [-0.1, -0.05) is 34.1 Å². The Labute approximate surface area is 87.7 Å². The third-order valence-electron chi connectivity index (χ3n) is 2.63. The summed E-state index contributed by atoms with van der Waals surface area (Å²) in [5.74, 6) is 0.832. The average Bonchev–Trinajstić information content (AvgIpc) is 2.61. The maximum atomic E-state index is 3.58. The summed E-state index contributed by atoms with van der Waals surface area (Å²) in [4.78, 5) is 0. The van der Waals surface area contributed by atoms with E-state index in [2.05, 4.69) is 45.5 Å². The summed E-state index contributed by atoms with van der Waals surface area (Å²) in [7, 11) is 0. The molecule has 0 amide bonds. The monoisotopic (exact) mass is 239 g/mol. The molecule has 1 saturated heterocycles. The molecule has 1 nitrogen and oxygen atoms in total. The molecule has 1 fully saturated rings. The lowest BCUT2D eigenvalue weighted by molar-refractivity contribution is 0.579. The maximum Gasteiger partial charge on any atom is 0.0207 e. The fourth-order valence-corrected chi connectivity index (χ4v) is 2.31. The molecule has 0 aliphatic carbocycles. The fraction of sp³-hybridized carbons (Fsp3) is 0.455. The van der Waals surface area contributed by atoms with Crippen molar-refractivity contribution in [2.45, 2.75) is 12.8 Å². The molecule has 0 aromatic heterocycles. The number of hydrogen-bond donors (Lipinski definition) is 1. The molecule has 0 bridgehead atoms. The van der Waals surface area contributed by atoms with Gasteiger partial charge in [-0.05, 0) is 43.5 Å². The summed E-state index contributed by atoms with van der Waals surface area (Å²) < 4.78 is 1.25. The number of benzene rings is 1. The van der Waals surface area contributed by atoms with Crippen LogP contribution in [0.25, 0.3) is 0 Å². The highest BCUT2D eigenvalue weighted by Crippen LogP contribution is 2.21. The molecule has 1 N–H and O–H groups in total. The molecule has 2 heteroatoms. The van der Waals surface area contributed by atoms with Crippen LogP contribution in [-0.4, -0.2) is 13.1 Å². The summed E-state index contributed by atoms with van der Waals surface area (Å²) in [6.07, 6.45) is 2.52. The van der Waals surface area contributed by atoms with Gasteiger partial charge in [0.05, 0.1) is 0 Å². The van der Waals surface area contributed by atoms with E-state index in [1.54, 1.807) is 0 Å². The van der Waals surface area contributed by atoms with Crippen molar-refractivity contribution in [3.8, 4) is 0 Å². The summed E-state index contributed by atoms with van der Waals surface area (Å²) in [5.41, 5.74) is 1.44. The van der Waals surface area contributed by atoms with Gasteiger partial charge in [-0.3, -0.25) is 0 Å². The molecule has 1 heterocycles. The van der Waals surface area contributed by atoms with Crippen LogP contribution < -0.4 is 5.32 Å². The Balaban J connectivity index is 2.04. The largest absolute Gasteiger partial charge is 0.316 e. The van der Waals surface area contributed by atoms with Gasteiger partial charge in [0.25, 0.3) is 0 Å². The second kappa shape index (κ2) is 4.25. The Morgan fingerprint density at radius 3 is 2.92 bits per heavy atom. The molecule has 2 rings (SSSR count). The van der Waals surface area contributed by atoms with E-state index in [0.717, 1.165) is 5.92 Å². The van der Waals surface area contributed by atoms with Crippen molar-refractivity contribution in [2.75, 3.05) is 13.1 Å². The van der Waals surface area contributed by atoms with E-state index in [4.69, 9.17) is 0 Å². The minimum Gasteiger partial charge on any atom is -0.316 e. The average molecular weight is 240 g/mol. The lowest BCUT2D eigenvalue weighted by atomic mass is 9.99. The fourth-order valence-electron chi connectivity index (χ4n) is 1.86. The van der Waals surface area contributed by atoms with Crippen LogP contribution in [0.1, 0.15) is 12.0 Å². The van der Waals surface area contributed by atoms with Crippen LogP contribution in [0.2, 0.25) is 0 Å². The minimum atomic E-state index is 0.832. The van der Waals surface area contributed by atoms with Crippen molar-refractivity contribution in [3.63, 3.8) is 0 Å². The Bertz CT molecular complexity index is 279. The second-order valence-corrected chi connectivity index (χ2v) is 4.51. The summed E-state index contributed by atoms with van der Waals surface area (Å²) >= 11 is 3.58. The van der Waals surface area contributed by atoms with E-state index in [-0.39, 0.29) is 0 Å². The number of rotatable bonds is 2. The number of hydrogen-bond acceptors (Lipinski definition) is 1. The lowest BCUT2D eigenvalue weighted by Crippen LogP contribution is -2.10. The molecular formula is C11H14BrN. The Kier molecular flexibility index (Phi) is 3.01. The van der Waals surface area contributed by atoms with Crippen LogP contribution in [0.5, 0.6) is 0 Å². The lowest BCUT2D eigenvalue weighted by Gasteiger charge is -2.09. The molecule has 1 aromatic rings. The van der Waals surface area contributed by atoms with E-state index in [1.165, 1.54) is 36.0 Å². The van der Waals surface area contributed by atoms with Gasteiger partial charge in [0.15, 0.2) is 0 Å². The second-order valence-electron chi connectivity index (χ2n) is 3.65. The van der Waals surface area contributed by atoms with Crippen molar-refractivity contribution in [1.29, 1.82) is 0 Å². The van der Waals surface area contributed by atoms with E-state index in [0.29, 0.717) is 0 Å². The Morgan fingerprint density at radius 2 is 2.23 bits per heavy atom. The minimum absolute atomic E-state index is 0.832. The Morgan fingerprint density at radius 1 is 1.38 bits per heavy atom. The third-order valence-corrected chi connectivity index (χ3v) is 3.40. The highest BCUT2D eigenvalue weighted by atomic mass is 79.9. The van der Waals surface area contributed by atoms with Gasteiger partial charge in [0, 0.05) is 4.47 Å². The van der Waals surface area contributed by atoms with E-state index in [9.17, 15) is 0 Å². The van der Waals surface area contributed by atoms with Crippen molar-refractivity contribution in [1.82, 2.24) is 5.32 Å². The molecule has 0 spiro atoms. The number of halogens is 1. The predicted molar refractivity (Wildman–Crippen MR) is 58.8 cm³/mol. The van der Waals surface area contributed by atoms with Gasteiger partial charge < -0.3 is 5.32 Å². The van der Waals surface area contributed by atoms with Crippen LogP contribution in [0.3, 0.4) is 0 Å². The highest BCUT2D eigenvalue weighted by molar-refractivity contribution is 9.10. The molecular weight excluding hydrogens is 226 g/mol. The molecule has 1 aromatic carbocycles. The van der Waals surface area contributed by atoms with Crippen molar-refractivity contribution >= 4 is 15.9 Å². The van der Waals surface area contributed by atoms with Gasteiger partial charge >= 0.3 is 0 Å². The van der Waals surface area contributed by atoms with Gasteiger partial charge in [-0.15, -0.1) is 0 Å².